The van der Waals surface area contributed by atoms with Gasteiger partial charge in [-0.15, -0.1) is 0 Å². The predicted molar refractivity (Wildman–Crippen MR) is 240 cm³/mol. The number of amides is 9. The maximum absolute atomic E-state index is 14.4. The summed E-state index contributed by atoms with van der Waals surface area (Å²) in [7, 11) is 0. The molecule has 1 aliphatic heterocycles. The number of carbonyl (C=O) groups is 9. The van der Waals surface area contributed by atoms with Gasteiger partial charge in [-0.1, -0.05) is 48.5 Å². The lowest BCUT2D eigenvalue weighted by Crippen LogP contribution is -2.61. The minimum atomic E-state index is -1.72. The van der Waals surface area contributed by atoms with Gasteiger partial charge in [0.2, 0.25) is 53.2 Å². The molecule has 1 aromatic heterocycles. The number of nitrogens with two attached hydrogens (primary N) is 3. The number of fused-ring (bicyclic) bond motifs is 1. The van der Waals surface area contributed by atoms with Crippen molar-refractivity contribution in [1.29, 1.82) is 0 Å². The monoisotopic (exact) mass is 917 g/mol. The molecule has 6 atom stereocenters. The number of benzene rings is 2. The molecule has 9 amide bonds. The van der Waals surface area contributed by atoms with Crippen molar-refractivity contribution in [3.05, 3.63) is 71.9 Å². The number of rotatable bonds is 13. The van der Waals surface area contributed by atoms with E-state index in [4.69, 9.17) is 17.2 Å². The van der Waals surface area contributed by atoms with Crippen LogP contribution in [-0.4, -0.2) is 132 Å². The smallest absolute Gasteiger partial charge is 0.245 e. The molecule has 1 fully saturated rings. The van der Waals surface area contributed by atoms with Crippen molar-refractivity contribution in [1.82, 2.24) is 47.5 Å². The van der Waals surface area contributed by atoms with Gasteiger partial charge in [-0.25, -0.2) is 0 Å². The third-order valence-electron chi connectivity index (χ3n) is 10.5. The summed E-state index contributed by atoms with van der Waals surface area (Å²) in [5, 5.41) is 31.2. The van der Waals surface area contributed by atoms with Crippen LogP contribution >= 0.6 is 0 Å². The molecule has 0 spiro atoms. The SMILES string of the molecule is CC(=O)NCC(=O)NC1CC(=O)NCCCCC(C(N)=O)NC(=O)C(Cc2c[nH]c3ccccc23)NC(=O)[C@H](CCCN=C(N)N)NC(=O)C(Cc2ccccc2)NC(=O)C(CO)NC1=O. The van der Waals surface area contributed by atoms with E-state index in [-0.39, 0.29) is 64.0 Å². The van der Waals surface area contributed by atoms with Crippen LogP contribution in [-0.2, 0) is 56.0 Å². The highest BCUT2D eigenvalue weighted by molar-refractivity contribution is 5.98. The van der Waals surface area contributed by atoms with E-state index in [1.165, 1.54) is 6.92 Å². The zero-order chi connectivity index (χ0) is 48.2. The topological polar surface area (TPSA) is 376 Å². The lowest BCUT2D eigenvalue weighted by atomic mass is 10.0. The van der Waals surface area contributed by atoms with Crippen LogP contribution in [0.25, 0.3) is 10.9 Å². The van der Waals surface area contributed by atoms with Crippen LogP contribution in [0.5, 0.6) is 0 Å². The minimum Gasteiger partial charge on any atom is -0.394 e. The van der Waals surface area contributed by atoms with Crippen molar-refractivity contribution < 1.29 is 48.3 Å². The molecule has 23 nitrogen and oxygen atoms in total. The number of guanidine groups is 1. The van der Waals surface area contributed by atoms with Crippen LogP contribution < -0.4 is 59.7 Å². The van der Waals surface area contributed by atoms with E-state index < -0.39 is 109 Å². The summed E-state index contributed by atoms with van der Waals surface area (Å²) in [5.41, 5.74) is 18.7. The molecular weight excluding hydrogens is 859 g/mol. The number of para-hydroxylation sites is 1. The van der Waals surface area contributed by atoms with E-state index in [0.29, 0.717) is 11.1 Å². The maximum atomic E-state index is 14.4. The lowest BCUT2D eigenvalue weighted by Gasteiger charge is -2.27. The number of hydrogen-bond donors (Lipinski definition) is 13. The Morgan fingerprint density at radius 2 is 1.38 bits per heavy atom. The Kier molecular flexibility index (Phi) is 19.9. The molecule has 3 aromatic rings. The van der Waals surface area contributed by atoms with Gasteiger partial charge in [-0.3, -0.25) is 48.1 Å². The summed E-state index contributed by atoms with van der Waals surface area (Å²) < 4.78 is 0. The number of nitrogens with one attached hydrogen (secondary N) is 9. The summed E-state index contributed by atoms with van der Waals surface area (Å²) in [6, 6.07) is 7.11. The Labute approximate surface area is 380 Å². The van der Waals surface area contributed by atoms with E-state index >= 15 is 0 Å². The molecule has 1 saturated heterocycles. The van der Waals surface area contributed by atoms with Crippen LogP contribution in [0.3, 0.4) is 0 Å². The van der Waals surface area contributed by atoms with Crippen molar-refractivity contribution in [3.63, 3.8) is 0 Å². The first-order valence-electron chi connectivity index (χ1n) is 21.4. The molecule has 16 N–H and O–H groups in total. The standard InChI is InChI=1S/C43H59N13O10/c1-24(58)49-22-36(60)51-33-20-35(59)47-16-8-7-14-29(37(44)61)52-40(64)32(19-26-21-50-28-13-6-5-12-27(26)28)55-38(62)30(15-9-17-48-43(45)46)53-39(63)31(18-25-10-3-2-4-11-25)54-42(66)34(23-57)56-41(33)65/h2-6,10-13,21,29-34,50,57H,7-9,14-20,22-23H2,1H3,(H2,44,61)(H,47,59)(H,49,58)(H,51,60)(H,52,64)(H,53,63)(H,54,66)(H,55,62)(H,56,65)(H4,45,46,48)/t29?,30-,31?,32?,33?,34?/m0/s1. The van der Waals surface area contributed by atoms with Gasteiger partial charge >= 0.3 is 0 Å². The number of hydrogen-bond acceptors (Lipinski definition) is 11. The van der Waals surface area contributed by atoms with Crippen LogP contribution in [0, 0.1) is 0 Å². The number of aliphatic hydroxyl groups is 1. The van der Waals surface area contributed by atoms with Gasteiger partial charge in [-0.2, -0.15) is 0 Å². The molecular formula is C43H59N13O10. The highest BCUT2D eigenvalue weighted by Crippen LogP contribution is 2.20. The van der Waals surface area contributed by atoms with Crippen molar-refractivity contribution in [2.45, 2.75) is 94.5 Å². The fourth-order valence-electron chi connectivity index (χ4n) is 7.02. The third-order valence-corrected chi connectivity index (χ3v) is 10.5. The maximum Gasteiger partial charge on any atom is 0.245 e. The molecule has 2 heterocycles. The van der Waals surface area contributed by atoms with Crippen LogP contribution in [0.4, 0.5) is 0 Å². The lowest BCUT2D eigenvalue weighted by molar-refractivity contribution is -0.136. The number of aliphatic hydroxyl groups excluding tert-OH is 1. The second kappa shape index (κ2) is 25.7. The summed E-state index contributed by atoms with van der Waals surface area (Å²) >= 11 is 0. The first-order valence-corrected chi connectivity index (χ1v) is 21.4. The Morgan fingerprint density at radius 1 is 0.758 bits per heavy atom. The average molecular weight is 918 g/mol. The molecule has 356 valence electrons. The number of H-pyrrole nitrogens is 1. The molecule has 1 aliphatic rings. The molecule has 0 radical (unpaired) electrons. The highest BCUT2D eigenvalue weighted by atomic mass is 16.3. The third kappa shape index (κ3) is 16.5. The second-order valence-electron chi connectivity index (χ2n) is 15.7. The summed E-state index contributed by atoms with van der Waals surface area (Å²) in [5.74, 6) is -7.71. The molecule has 2 aromatic carbocycles. The largest absolute Gasteiger partial charge is 0.394 e. The quantitative estimate of drug-likeness (QED) is 0.0447. The van der Waals surface area contributed by atoms with Gasteiger partial charge < -0.3 is 69.8 Å². The molecule has 0 bridgehead atoms. The summed E-state index contributed by atoms with van der Waals surface area (Å²) in [4.78, 5) is 127. The molecule has 4 rings (SSSR count). The normalized spacial score (nSPS) is 22.0. The van der Waals surface area contributed by atoms with Gasteiger partial charge in [-0.05, 0) is 49.3 Å². The van der Waals surface area contributed by atoms with E-state index in [0.717, 1.165) is 10.9 Å². The Bertz CT molecular complexity index is 2230. The van der Waals surface area contributed by atoms with Gasteiger partial charge in [0.05, 0.1) is 19.6 Å². The van der Waals surface area contributed by atoms with Crippen molar-refractivity contribution in [2.75, 3.05) is 26.2 Å². The Hall–Kier alpha value is -7.56. The summed E-state index contributed by atoms with van der Waals surface area (Å²) in [6.45, 7) is -0.282. The van der Waals surface area contributed by atoms with Gasteiger partial charge in [0.25, 0.3) is 0 Å². The Morgan fingerprint density at radius 3 is 2.06 bits per heavy atom. The average Bonchev–Trinajstić information content (AvgIpc) is 3.69. The van der Waals surface area contributed by atoms with E-state index in [2.05, 4.69) is 52.5 Å². The number of carbonyl (C=O) groups excluding carboxylic acids is 9. The van der Waals surface area contributed by atoms with Crippen molar-refractivity contribution in [3.8, 4) is 0 Å². The number of primary amides is 1. The zero-order valence-electron chi connectivity index (χ0n) is 36.5. The number of aromatic amines is 1. The zero-order valence-corrected chi connectivity index (χ0v) is 36.5. The van der Waals surface area contributed by atoms with E-state index in [9.17, 15) is 48.3 Å². The Balaban J connectivity index is 1.73. The molecule has 0 aliphatic carbocycles. The number of nitrogens with zero attached hydrogens (tertiary/aromatic N) is 1. The number of aromatic nitrogens is 1. The van der Waals surface area contributed by atoms with E-state index in [1.807, 2.05) is 18.2 Å². The van der Waals surface area contributed by atoms with Crippen molar-refractivity contribution in [2.24, 2.45) is 22.2 Å². The van der Waals surface area contributed by atoms with Gasteiger partial charge in [0, 0.05) is 50.0 Å². The summed E-state index contributed by atoms with van der Waals surface area (Å²) in [6.07, 6.45) is 1.49. The van der Waals surface area contributed by atoms with Crippen molar-refractivity contribution >= 4 is 70.0 Å². The van der Waals surface area contributed by atoms with E-state index in [1.54, 1.807) is 42.6 Å². The highest BCUT2D eigenvalue weighted by Gasteiger charge is 2.34. The molecule has 23 heteroatoms. The fraction of sp³-hybridized carbons (Fsp3) is 0.442. The fourth-order valence-corrected chi connectivity index (χ4v) is 7.02. The van der Waals surface area contributed by atoms with Gasteiger partial charge in [0.1, 0.15) is 36.3 Å². The van der Waals surface area contributed by atoms with Crippen LogP contribution in [0.1, 0.15) is 56.6 Å². The molecule has 5 unspecified atom stereocenters. The van der Waals surface area contributed by atoms with Crippen LogP contribution in [0.15, 0.2) is 65.8 Å². The molecule has 66 heavy (non-hydrogen) atoms. The van der Waals surface area contributed by atoms with Gasteiger partial charge in [0.15, 0.2) is 5.96 Å². The predicted octanol–water partition coefficient (Wildman–Crippen LogP) is -3.78. The van der Waals surface area contributed by atoms with Crippen LogP contribution in [0.2, 0.25) is 0 Å². The molecule has 0 saturated carbocycles. The first-order chi connectivity index (χ1) is 31.5. The first kappa shape index (κ1) is 51.1. The number of aliphatic imine (C=N–C) groups is 1. The minimum absolute atomic E-state index is 0.0295. The second-order valence-corrected chi connectivity index (χ2v) is 15.7.